The summed E-state index contributed by atoms with van der Waals surface area (Å²) in [5, 5.41) is 0. The zero-order valence-electron chi connectivity index (χ0n) is 17.4. The lowest BCUT2D eigenvalue weighted by molar-refractivity contribution is -0.147. The highest BCUT2D eigenvalue weighted by atomic mass is 31.2. The number of ether oxygens (including phenoxy) is 2. The van der Waals surface area contributed by atoms with Gasteiger partial charge in [-0.05, 0) is 27.2 Å². The van der Waals surface area contributed by atoms with Crippen molar-refractivity contribution in [3.05, 3.63) is 12.7 Å². The van der Waals surface area contributed by atoms with Gasteiger partial charge in [0.25, 0.3) is 0 Å². The molecule has 0 unspecified atom stereocenters. The van der Waals surface area contributed by atoms with Crippen molar-refractivity contribution < 1.29 is 27.9 Å². The number of imidazole rings is 1. The SMILES string of the molecule is CC(C)OC(=O)CCC1COP(=O)(CO[C@H](C)Cn2cnc3c(N)ncnc32)OC1. The summed E-state index contributed by atoms with van der Waals surface area (Å²) >= 11 is 0. The van der Waals surface area contributed by atoms with Crippen LogP contribution in [0.25, 0.3) is 11.2 Å². The van der Waals surface area contributed by atoms with E-state index in [9.17, 15) is 9.36 Å². The number of carbonyl (C=O) groups is 1. The van der Waals surface area contributed by atoms with E-state index in [-0.39, 0.29) is 50.1 Å². The van der Waals surface area contributed by atoms with Crippen LogP contribution in [0.4, 0.5) is 5.82 Å². The average Bonchev–Trinajstić information content (AvgIpc) is 3.10. The molecular formula is C18H28N5O6P. The summed E-state index contributed by atoms with van der Waals surface area (Å²) in [5.74, 6) is 0.0504. The van der Waals surface area contributed by atoms with Gasteiger partial charge < -0.3 is 28.8 Å². The quantitative estimate of drug-likeness (QED) is 0.455. The van der Waals surface area contributed by atoms with E-state index < -0.39 is 7.60 Å². The van der Waals surface area contributed by atoms with Gasteiger partial charge in [0.05, 0.1) is 38.3 Å². The second kappa shape index (κ2) is 9.82. The van der Waals surface area contributed by atoms with Crippen LogP contribution in [-0.2, 0) is 34.4 Å². The van der Waals surface area contributed by atoms with Crippen molar-refractivity contribution in [1.82, 2.24) is 19.5 Å². The summed E-state index contributed by atoms with van der Waals surface area (Å²) < 4.78 is 36.2. The van der Waals surface area contributed by atoms with E-state index in [0.29, 0.717) is 29.9 Å². The maximum Gasteiger partial charge on any atom is 0.356 e. The van der Waals surface area contributed by atoms with Crippen molar-refractivity contribution >= 4 is 30.5 Å². The Balaban J connectivity index is 1.43. The maximum atomic E-state index is 12.7. The Labute approximate surface area is 174 Å². The molecule has 1 saturated heterocycles. The van der Waals surface area contributed by atoms with Crippen molar-refractivity contribution in [2.45, 2.75) is 52.4 Å². The van der Waals surface area contributed by atoms with E-state index in [1.807, 2.05) is 6.92 Å². The number of hydrogen-bond donors (Lipinski definition) is 1. The molecule has 0 radical (unpaired) electrons. The minimum atomic E-state index is -3.33. The van der Waals surface area contributed by atoms with Crippen molar-refractivity contribution in [3.8, 4) is 0 Å². The number of nitrogens with two attached hydrogens (primary N) is 1. The molecule has 0 aliphatic carbocycles. The van der Waals surface area contributed by atoms with Gasteiger partial charge in [-0.25, -0.2) is 15.0 Å². The minimum absolute atomic E-state index is 0.00772. The molecule has 12 heteroatoms. The lowest BCUT2D eigenvalue weighted by Crippen LogP contribution is -2.25. The molecule has 1 fully saturated rings. The van der Waals surface area contributed by atoms with Crippen LogP contribution in [0.1, 0.15) is 33.6 Å². The van der Waals surface area contributed by atoms with Crippen LogP contribution in [0.15, 0.2) is 12.7 Å². The molecule has 2 aromatic rings. The molecule has 0 amide bonds. The molecule has 11 nitrogen and oxygen atoms in total. The Morgan fingerprint density at radius 2 is 2.03 bits per heavy atom. The summed E-state index contributed by atoms with van der Waals surface area (Å²) in [6.45, 7) is 6.41. The molecule has 0 aromatic carbocycles. The van der Waals surface area contributed by atoms with Crippen molar-refractivity contribution in [1.29, 1.82) is 0 Å². The minimum Gasteiger partial charge on any atom is -0.463 e. The number of rotatable bonds is 9. The number of hydrogen-bond acceptors (Lipinski definition) is 10. The normalized spacial score (nSPS) is 23.0. The van der Waals surface area contributed by atoms with Gasteiger partial charge in [-0.1, -0.05) is 0 Å². The van der Waals surface area contributed by atoms with Gasteiger partial charge in [0.15, 0.2) is 11.5 Å². The zero-order chi connectivity index (χ0) is 21.7. The van der Waals surface area contributed by atoms with Gasteiger partial charge in [0, 0.05) is 12.3 Å². The Hall–Kier alpha value is -2.07. The van der Waals surface area contributed by atoms with Crippen LogP contribution >= 0.6 is 7.60 Å². The fraction of sp³-hybridized carbons (Fsp3) is 0.667. The average molecular weight is 441 g/mol. The lowest BCUT2D eigenvalue weighted by Gasteiger charge is -2.29. The first kappa shape index (κ1) is 22.6. The van der Waals surface area contributed by atoms with Crippen LogP contribution in [0.2, 0.25) is 0 Å². The Bertz CT molecular complexity index is 908. The molecule has 2 N–H and O–H groups in total. The summed E-state index contributed by atoms with van der Waals surface area (Å²) in [5.41, 5.74) is 6.92. The first-order valence-corrected chi connectivity index (χ1v) is 11.6. The Morgan fingerprint density at radius 3 is 2.73 bits per heavy atom. The number of aromatic nitrogens is 4. The molecule has 1 atom stereocenters. The standard InChI is InChI=1S/C18H28N5O6P/c1-12(2)29-15(24)5-4-14-7-27-30(25,28-8-14)11-26-13(3)6-23-10-22-16-17(19)20-9-21-18(16)23/h9-10,12-14H,4-8,11H2,1-3H3,(H2,19,20,21)/t13-,14?,30?/m1/s1. The van der Waals surface area contributed by atoms with Crippen molar-refractivity contribution in [3.63, 3.8) is 0 Å². The van der Waals surface area contributed by atoms with Crippen LogP contribution in [0, 0.1) is 5.92 Å². The first-order chi connectivity index (χ1) is 14.3. The lowest BCUT2D eigenvalue weighted by atomic mass is 10.1. The van der Waals surface area contributed by atoms with Crippen LogP contribution in [0.3, 0.4) is 0 Å². The molecule has 1 aliphatic rings. The van der Waals surface area contributed by atoms with Crippen molar-refractivity contribution in [2.24, 2.45) is 5.92 Å². The number of esters is 1. The van der Waals surface area contributed by atoms with E-state index in [0.717, 1.165) is 0 Å². The number of nitrogens with zero attached hydrogens (tertiary/aromatic N) is 4. The molecule has 3 heterocycles. The second-order valence-corrected chi connectivity index (χ2v) is 9.58. The summed E-state index contributed by atoms with van der Waals surface area (Å²) in [4.78, 5) is 23.9. The third-order valence-corrected chi connectivity index (χ3v) is 6.09. The Morgan fingerprint density at radius 1 is 1.30 bits per heavy atom. The molecule has 166 valence electrons. The van der Waals surface area contributed by atoms with Gasteiger partial charge in [-0.3, -0.25) is 9.36 Å². The molecule has 30 heavy (non-hydrogen) atoms. The van der Waals surface area contributed by atoms with E-state index in [1.165, 1.54) is 6.33 Å². The van der Waals surface area contributed by atoms with Gasteiger partial charge in [-0.15, -0.1) is 0 Å². The van der Waals surface area contributed by atoms with Crippen LogP contribution in [-0.4, -0.2) is 57.3 Å². The van der Waals surface area contributed by atoms with Gasteiger partial charge >= 0.3 is 13.6 Å². The smallest absolute Gasteiger partial charge is 0.356 e. The maximum absolute atomic E-state index is 12.7. The van der Waals surface area contributed by atoms with Gasteiger partial charge in [-0.2, -0.15) is 0 Å². The van der Waals surface area contributed by atoms with Crippen LogP contribution in [0.5, 0.6) is 0 Å². The van der Waals surface area contributed by atoms with Crippen molar-refractivity contribution in [2.75, 3.05) is 25.3 Å². The van der Waals surface area contributed by atoms with Gasteiger partial charge in [0.2, 0.25) is 0 Å². The number of nitrogen functional groups attached to an aromatic ring is 1. The van der Waals surface area contributed by atoms with E-state index in [4.69, 9.17) is 24.3 Å². The fourth-order valence-electron chi connectivity index (χ4n) is 2.99. The first-order valence-electron chi connectivity index (χ1n) is 9.86. The highest BCUT2D eigenvalue weighted by molar-refractivity contribution is 7.53. The molecule has 0 bridgehead atoms. The molecular weight excluding hydrogens is 413 g/mol. The molecule has 0 spiro atoms. The molecule has 3 rings (SSSR count). The number of anilines is 1. The summed E-state index contributed by atoms with van der Waals surface area (Å²) in [6, 6.07) is 0. The highest BCUT2D eigenvalue weighted by Gasteiger charge is 2.33. The highest BCUT2D eigenvalue weighted by Crippen LogP contribution is 2.52. The molecule has 0 saturated carbocycles. The number of carbonyl (C=O) groups excluding carboxylic acids is 1. The number of fused-ring (bicyclic) bond motifs is 1. The topological polar surface area (TPSA) is 141 Å². The Kier molecular flexibility index (Phi) is 7.41. The third-order valence-electron chi connectivity index (χ3n) is 4.54. The predicted octanol–water partition coefficient (Wildman–Crippen LogP) is 2.36. The zero-order valence-corrected chi connectivity index (χ0v) is 18.3. The predicted molar refractivity (Wildman–Crippen MR) is 109 cm³/mol. The van der Waals surface area contributed by atoms with E-state index >= 15 is 0 Å². The third kappa shape index (κ3) is 5.98. The fourth-order valence-corrected chi connectivity index (χ4v) is 4.53. The largest absolute Gasteiger partial charge is 0.463 e. The second-order valence-electron chi connectivity index (χ2n) is 7.58. The van der Waals surface area contributed by atoms with E-state index in [1.54, 1.807) is 24.7 Å². The van der Waals surface area contributed by atoms with Gasteiger partial charge in [0.1, 0.15) is 18.2 Å². The molecule has 1 aliphatic heterocycles. The molecule has 2 aromatic heterocycles. The monoisotopic (exact) mass is 441 g/mol. The summed E-state index contributed by atoms with van der Waals surface area (Å²) in [7, 11) is -3.33. The van der Waals surface area contributed by atoms with E-state index in [2.05, 4.69) is 15.0 Å². The van der Waals surface area contributed by atoms with Crippen LogP contribution < -0.4 is 5.73 Å². The summed E-state index contributed by atoms with van der Waals surface area (Å²) in [6.07, 6.45) is 3.24.